The first-order chi connectivity index (χ1) is 11.4. The minimum absolute atomic E-state index is 0.143. The molecule has 3 rings (SSSR count). The Labute approximate surface area is 136 Å². The molecule has 1 amide bonds. The molecule has 0 bridgehead atoms. The minimum Gasteiger partial charge on any atom is -0.338 e. The highest BCUT2D eigenvalue weighted by molar-refractivity contribution is 5.94. The molecule has 128 valence electrons. The van der Waals surface area contributed by atoms with Gasteiger partial charge in [-0.15, -0.1) is 0 Å². The molecule has 2 aromatic rings. The van der Waals surface area contributed by atoms with E-state index in [9.17, 15) is 18.0 Å². The van der Waals surface area contributed by atoms with Crippen molar-refractivity contribution < 1.29 is 18.0 Å². The van der Waals surface area contributed by atoms with Crippen molar-refractivity contribution in [1.82, 2.24) is 14.7 Å². The fourth-order valence-electron chi connectivity index (χ4n) is 2.79. The molecular formula is C16H17F3N4O. The van der Waals surface area contributed by atoms with Gasteiger partial charge in [-0.1, -0.05) is 6.07 Å². The summed E-state index contributed by atoms with van der Waals surface area (Å²) in [6.45, 7) is 1.79. The van der Waals surface area contributed by atoms with Crippen molar-refractivity contribution in [1.29, 1.82) is 0 Å². The molecule has 1 aliphatic rings. The maximum Gasteiger partial charge on any atom is 0.435 e. The Hall–Kier alpha value is -2.35. The number of nitrogens with zero attached hydrogens (tertiary/aromatic N) is 3. The Balaban J connectivity index is 1.82. The van der Waals surface area contributed by atoms with E-state index >= 15 is 0 Å². The summed E-state index contributed by atoms with van der Waals surface area (Å²) in [4.78, 5) is 14.3. The number of benzene rings is 1. The molecule has 1 aromatic carbocycles. The molecule has 1 fully saturated rings. The fraction of sp³-hybridized carbons (Fsp3) is 0.375. The van der Waals surface area contributed by atoms with Crippen molar-refractivity contribution in [3.05, 3.63) is 47.8 Å². The summed E-state index contributed by atoms with van der Waals surface area (Å²) in [6, 6.07) is 7.34. The normalized spacial score (nSPS) is 18.2. The van der Waals surface area contributed by atoms with E-state index in [-0.39, 0.29) is 5.91 Å². The molecule has 1 saturated heterocycles. The minimum atomic E-state index is -4.49. The van der Waals surface area contributed by atoms with Crippen LogP contribution in [0, 0.1) is 5.92 Å². The molecule has 1 aromatic heterocycles. The van der Waals surface area contributed by atoms with Crippen LogP contribution in [0.3, 0.4) is 0 Å². The van der Waals surface area contributed by atoms with Crippen molar-refractivity contribution in [3.63, 3.8) is 0 Å². The summed E-state index contributed by atoms with van der Waals surface area (Å²) in [6.07, 6.45) is -2.39. The summed E-state index contributed by atoms with van der Waals surface area (Å²) < 4.78 is 39.1. The molecule has 5 nitrogen and oxygen atoms in total. The molecule has 2 heterocycles. The molecule has 2 N–H and O–H groups in total. The van der Waals surface area contributed by atoms with Gasteiger partial charge in [0.15, 0.2) is 5.69 Å². The smallest absolute Gasteiger partial charge is 0.338 e. The van der Waals surface area contributed by atoms with Crippen molar-refractivity contribution in [2.24, 2.45) is 11.7 Å². The van der Waals surface area contributed by atoms with Crippen LogP contribution in [-0.2, 0) is 6.18 Å². The van der Waals surface area contributed by atoms with Gasteiger partial charge in [0.25, 0.3) is 5.91 Å². The molecule has 1 atom stereocenters. The Kier molecular flexibility index (Phi) is 4.31. The van der Waals surface area contributed by atoms with Crippen LogP contribution in [0.25, 0.3) is 5.69 Å². The first-order valence-corrected chi connectivity index (χ1v) is 7.61. The van der Waals surface area contributed by atoms with E-state index in [2.05, 4.69) is 5.10 Å². The number of carbonyl (C=O) groups excluding carboxylic acids is 1. The number of alkyl halides is 3. The molecule has 1 aliphatic heterocycles. The molecule has 0 radical (unpaired) electrons. The number of halogens is 3. The van der Waals surface area contributed by atoms with E-state index in [0.29, 0.717) is 36.8 Å². The predicted molar refractivity (Wildman–Crippen MR) is 81.6 cm³/mol. The Bertz CT molecular complexity index is 741. The number of amides is 1. The van der Waals surface area contributed by atoms with Crippen LogP contribution in [0.2, 0.25) is 0 Å². The van der Waals surface area contributed by atoms with Gasteiger partial charge in [0.1, 0.15) is 0 Å². The van der Waals surface area contributed by atoms with Crippen LogP contribution in [0.5, 0.6) is 0 Å². The van der Waals surface area contributed by atoms with Gasteiger partial charge < -0.3 is 10.6 Å². The highest BCUT2D eigenvalue weighted by atomic mass is 19.4. The van der Waals surface area contributed by atoms with E-state index in [1.54, 1.807) is 29.2 Å². The summed E-state index contributed by atoms with van der Waals surface area (Å²) >= 11 is 0. The quantitative estimate of drug-likeness (QED) is 0.934. The lowest BCUT2D eigenvalue weighted by molar-refractivity contribution is -0.141. The maximum atomic E-state index is 12.7. The van der Waals surface area contributed by atoms with E-state index in [1.807, 2.05) is 0 Å². The summed E-state index contributed by atoms with van der Waals surface area (Å²) in [5, 5.41) is 3.53. The Morgan fingerprint density at radius 2 is 2.12 bits per heavy atom. The zero-order valence-corrected chi connectivity index (χ0v) is 12.8. The molecule has 0 aliphatic carbocycles. The standard InChI is InChI=1S/C16H17F3N4O/c17-16(18,19)14-5-7-23(21-14)13-3-1-2-12(8-13)15(24)22-6-4-11(9-20)10-22/h1-3,5,7-8,11H,4,6,9-10,20H2/t11-/m1/s1. The zero-order valence-electron chi connectivity index (χ0n) is 12.8. The highest BCUT2D eigenvalue weighted by Crippen LogP contribution is 2.28. The number of rotatable bonds is 3. The van der Waals surface area contributed by atoms with Gasteiger partial charge in [-0.25, -0.2) is 4.68 Å². The number of nitrogens with two attached hydrogens (primary N) is 1. The van der Waals surface area contributed by atoms with E-state index < -0.39 is 11.9 Å². The third kappa shape index (κ3) is 3.28. The molecular weight excluding hydrogens is 321 g/mol. The number of hydrogen-bond acceptors (Lipinski definition) is 3. The molecule has 8 heteroatoms. The third-order valence-corrected chi connectivity index (χ3v) is 4.14. The van der Waals surface area contributed by atoms with E-state index in [1.165, 1.54) is 6.20 Å². The first-order valence-electron chi connectivity index (χ1n) is 7.61. The van der Waals surface area contributed by atoms with E-state index in [0.717, 1.165) is 17.2 Å². The lowest BCUT2D eigenvalue weighted by atomic mass is 10.1. The molecule has 0 spiro atoms. The Morgan fingerprint density at radius 3 is 2.75 bits per heavy atom. The SMILES string of the molecule is NC[C@H]1CCN(C(=O)c2cccc(-n3ccc(C(F)(F)F)n3)c2)C1. The van der Waals surface area contributed by atoms with Gasteiger partial charge in [-0.2, -0.15) is 18.3 Å². The summed E-state index contributed by atoms with van der Waals surface area (Å²) in [5.74, 6) is 0.161. The van der Waals surface area contributed by atoms with Gasteiger partial charge >= 0.3 is 6.18 Å². The van der Waals surface area contributed by atoms with Crippen LogP contribution in [0.1, 0.15) is 22.5 Å². The largest absolute Gasteiger partial charge is 0.435 e. The topological polar surface area (TPSA) is 64.2 Å². The van der Waals surface area contributed by atoms with Crippen molar-refractivity contribution in [2.75, 3.05) is 19.6 Å². The van der Waals surface area contributed by atoms with Crippen LogP contribution in [-0.4, -0.2) is 40.2 Å². The molecule has 0 unspecified atom stereocenters. The monoisotopic (exact) mass is 338 g/mol. The van der Waals surface area contributed by atoms with Gasteiger partial charge in [0.2, 0.25) is 0 Å². The van der Waals surface area contributed by atoms with Crippen molar-refractivity contribution in [2.45, 2.75) is 12.6 Å². The van der Waals surface area contributed by atoms with E-state index in [4.69, 9.17) is 5.73 Å². The van der Waals surface area contributed by atoms with Gasteiger partial charge in [-0.05, 0) is 43.1 Å². The van der Waals surface area contributed by atoms with Crippen LogP contribution in [0.15, 0.2) is 36.5 Å². The van der Waals surface area contributed by atoms with Gasteiger partial charge in [0, 0.05) is 24.8 Å². The Morgan fingerprint density at radius 1 is 1.33 bits per heavy atom. The fourth-order valence-corrected chi connectivity index (χ4v) is 2.79. The summed E-state index contributed by atoms with van der Waals surface area (Å²) in [7, 11) is 0. The number of likely N-dealkylation sites (tertiary alicyclic amines) is 1. The second-order valence-corrected chi connectivity index (χ2v) is 5.84. The average Bonchev–Trinajstić information content (AvgIpc) is 3.23. The lowest BCUT2D eigenvalue weighted by Gasteiger charge is -2.16. The maximum absolute atomic E-state index is 12.7. The second kappa shape index (κ2) is 6.27. The lowest BCUT2D eigenvalue weighted by Crippen LogP contribution is -2.29. The number of hydrogen-bond donors (Lipinski definition) is 1. The zero-order chi connectivity index (χ0) is 17.3. The molecule has 0 saturated carbocycles. The first kappa shape index (κ1) is 16.5. The summed E-state index contributed by atoms with van der Waals surface area (Å²) in [5.41, 5.74) is 5.50. The second-order valence-electron chi connectivity index (χ2n) is 5.84. The van der Waals surface area contributed by atoms with Crippen LogP contribution >= 0.6 is 0 Å². The predicted octanol–water partition coefficient (Wildman–Crippen LogP) is 2.31. The van der Waals surface area contributed by atoms with Crippen LogP contribution < -0.4 is 5.73 Å². The average molecular weight is 338 g/mol. The molecule has 24 heavy (non-hydrogen) atoms. The van der Waals surface area contributed by atoms with Crippen molar-refractivity contribution >= 4 is 5.91 Å². The van der Waals surface area contributed by atoms with Crippen molar-refractivity contribution in [3.8, 4) is 5.69 Å². The number of aromatic nitrogens is 2. The number of carbonyl (C=O) groups is 1. The van der Waals surface area contributed by atoms with Crippen LogP contribution in [0.4, 0.5) is 13.2 Å². The third-order valence-electron chi connectivity index (χ3n) is 4.14. The highest BCUT2D eigenvalue weighted by Gasteiger charge is 2.33. The van der Waals surface area contributed by atoms with Gasteiger partial charge in [-0.3, -0.25) is 4.79 Å². The van der Waals surface area contributed by atoms with Gasteiger partial charge in [0.05, 0.1) is 5.69 Å².